The molecule has 0 saturated heterocycles. The van der Waals surface area contributed by atoms with Crippen molar-refractivity contribution < 1.29 is 0 Å². The predicted molar refractivity (Wildman–Crippen MR) is 112 cm³/mol. The minimum Gasteiger partial charge on any atom is -0.139 e. The third-order valence-corrected chi connectivity index (χ3v) is 8.21. The lowest BCUT2D eigenvalue weighted by Gasteiger charge is -2.28. The van der Waals surface area contributed by atoms with Gasteiger partial charge in [0, 0.05) is 19.2 Å². The fourth-order valence-corrected chi connectivity index (χ4v) is 6.80. The quantitative estimate of drug-likeness (QED) is 0.394. The van der Waals surface area contributed by atoms with Gasteiger partial charge in [0.25, 0.3) is 0 Å². The summed E-state index contributed by atoms with van der Waals surface area (Å²) in [6, 6.07) is 4.97. The van der Waals surface area contributed by atoms with Crippen molar-refractivity contribution in [2.24, 2.45) is 11.8 Å². The van der Waals surface area contributed by atoms with E-state index in [1.807, 2.05) is 11.3 Å². The lowest BCUT2D eigenvalue weighted by atomic mass is 9.78. The first-order valence-corrected chi connectivity index (χ1v) is 11.9. The van der Waals surface area contributed by atoms with E-state index >= 15 is 0 Å². The minimum atomic E-state index is 1.00. The van der Waals surface area contributed by atoms with E-state index in [0.717, 1.165) is 11.8 Å². The third-order valence-electron chi connectivity index (χ3n) is 5.80. The highest BCUT2D eigenvalue weighted by atomic mass is 32.1. The molecule has 0 nitrogen and oxygen atoms in total. The Kier molecular flexibility index (Phi) is 7.21. The first-order chi connectivity index (χ1) is 11.8. The minimum absolute atomic E-state index is 1.00. The summed E-state index contributed by atoms with van der Waals surface area (Å²) >= 11 is 4.11. The lowest BCUT2D eigenvalue weighted by Crippen LogP contribution is -2.14. The van der Waals surface area contributed by atoms with Crippen LogP contribution in [0.15, 0.2) is 12.1 Å². The van der Waals surface area contributed by atoms with Gasteiger partial charge in [-0.1, -0.05) is 65.2 Å². The normalized spacial score (nSPS) is 21.6. The first kappa shape index (κ1) is 18.5. The average Bonchev–Trinajstić information content (AvgIpc) is 3.13. The molecule has 0 spiro atoms. The zero-order chi connectivity index (χ0) is 16.8. The van der Waals surface area contributed by atoms with Gasteiger partial charge < -0.3 is 0 Å². The Labute approximate surface area is 156 Å². The van der Waals surface area contributed by atoms with Crippen molar-refractivity contribution >= 4 is 32.1 Å². The average molecular weight is 363 g/mol. The molecule has 1 saturated carbocycles. The number of hydrogen-bond donors (Lipinski definition) is 0. The van der Waals surface area contributed by atoms with Crippen LogP contribution < -0.4 is 0 Å². The fourth-order valence-electron chi connectivity index (χ4n) is 4.29. The number of unbranched alkanes of at least 4 members (excludes halogenated alkanes) is 2. The largest absolute Gasteiger partial charge is 0.139 e. The van der Waals surface area contributed by atoms with Crippen LogP contribution in [0.2, 0.25) is 0 Å². The van der Waals surface area contributed by atoms with Crippen molar-refractivity contribution in [2.75, 3.05) is 0 Å². The topological polar surface area (TPSA) is 0 Å². The summed E-state index contributed by atoms with van der Waals surface area (Å²) in [6.07, 6.45) is 16.9. The molecule has 0 amide bonds. The van der Waals surface area contributed by atoms with Gasteiger partial charge in [0.15, 0.2) is 0 Å². The van der Waals surface area contributed by atoms with Crippen molar-refractivity contribution in [1.82, 2.24) is 0 Å². The van der Waals surface area contributed by atoms with E-state index in [2.05, 4.69) is 37.3 Å². The van der Waals surface area contributed by atoms with Crippen LogP contribution >= 0.6 is 22.7 Å². The van der Waals surface area contributed by atoms with Gasteiger partial charge in [-0.3, -0.25) is 0 Å². The molecule has 1 aliphatic carbocycles. The van der Waals surface area contributed by atoms with E-state index in [4.69, 9.17) is 0 Å². The number of aryl methyl sites for hydroxylation is 2. The number of fused-ring (bicyclic) bond motifs is 1. The number of thiophene rings is 2. The maximum absolute atomic E-state index is 2.50. The van der Waals surface area contributed by atoms with Gasteiger partial charge in [-0.15, -0.1) is 22.7 Å². The summed E-state index contributed by atoms with van der Waals surface area (Å²) in [4.78, 5) is 3.23. The Morgan fingerprint density at radius 3 is 1.92 bits per heavy atom. The summed E-state index contributed by atoms with van der Waals surface area (Å²) in [5.41, 5.74) is 0. The Hall–Kier alpha value is -0.340. The van der Waals surface area contributed by atoms with Crippen molar-refractivity contribution in [1.29, 1.82) is 0 Å². The summed E-state index contributed by atoms with van der Waals surface area (Å²) < 4.78 is 3.10. The Morgan fingerprint density at radius 2 is 1.33 bits per heavy atom. The molecule has 3 rings (SSSR count). The van der Waals surface area contributed by atoms with Crippen molar-refractivity contribution in [3.05, 3.63) is 21.9 Å². The predicted octanol–water partition coefficient (Wildman–Crippen LogP) is 8.23. The summed E-state index contributed by atoms with van der Waals surface area (Å²) in [5.74, 6) is 2.05. The van der Waals surface area contributed by atoms with Crippen LogP contribution in [0.4, 0.5) is 0 Å². The molecule has 0 aliphatic heterocycles. The molecule has 2 aromatic rings. The molecule has 0 aromatic carbocycles. The van der Waals surface area contributed by atoms with Gasteiger partial charge in [0.05, 0.1) is 0 Å². The van der Waals surface area contributed by atoms with Gasteiger partial charge in [-0.05, 0) is 49.7 Å². The molecule has 2 heteroatoms. The zero-order valence-electron chi connectivity index (χ0n) is 15.6. The molecule has 0 bridgehead atoms. The second-order valence-corrected chi connectivity index (χ2v) is 10.2. The molecule has 0 N–H and O–H groups in total. The first-order valence-electron chi connectivity index (χ1n) is 10.3. The zero-order valence-corrected chi connectivity index (χ0v) is 17.2. The van der Waals surface area contributed by atoms with Gasteiger partial charge in [0.2, 0.25) is 0 Å². The Morgan fingerprint density at radius 1 is 0.750 bits per heavy atom. The second-order valence-electron chi connectivity index (χ2n) is 7.83. The SMILES string of the molecule is CCCCCc1cc2sc(CCC3CCC(CCC)CC3)cc2s1. The van der Waals surface area contributed by atoms with Crippen LogP contribution in [-0.2, 0) is 12.8 Å². The number of rotatable bonds is 9. The van der Waals surface area contributed by atoms with Crippen LogP contribution in [-0.4, -0.2) is 0 Å². The molecule has 134 valence electrons. The third kappa shape index (κ3) is 5.08. The number of hydrogen-bond acceptors (Lipinski definition) is 2. The molecular formula is C22H34S2. The molecule has 2 aromatic heterocycles. The van der Waals surface area contributed by atoms with E-state index in [1.165, 1.54) is 77.0 Å². The van der Waals surface area contributed by atoms with Gasteiger partial charge in [-0.2, -0.15) is 0 Å². The van der Waals surface area contributed by atoms with Crippen molar-refractivity contribution in [3.63, 3.8) is 0 Å². The standard InChI is InChI=1S/C22H34S2/c1-3-5-6-8-19-15-21-22(23-19)16-20(24-21)14-13-18-11-9-17(7-4-2)10-12-18/h15-18H,3-14H2,1-2H3. The molecule has 0 radical (unpaired) electrons. The van der Waals surface area contributed by atoms with Gasteiger partial charge in [-0.25, -0.2) is 0 Å². The van der Waals surface area contributed by atoms with Crippen LogP contribution in [0.5, 0.6) is 0 Å². The lowest BCUT2D eigenvalue weighted by molar-refractivity contribution is 0.252. The van der Waals surface area contributed by atoms with E-state index in [0.29, 0.717) is 0 Å². The van der Waals surface area contributed by atoms with Crippen molar-refractivity contribution in [2.45, 2.75) is 90.9 Å². The van der Waals surface area contributed by atoms with Gasteiger partial charge >= 0.3 is 0 Å². The molecular weight excluding hydrogens is 328 g/mol. The van der Waals surface area contributed by atoms with E-state index < -0.39 is 0 Å². The van der Waals surface area contributed by atoms with Crippen molar-refractivity contribution in [3.8, 4) is 0 Å². The van der Waals surface area contributed by atoms with Gasteiger partial charge in [0.1, 0.15) is 0 Å². The molecule has 24 heavy (non-hydrogen) atoms. The highest BCUT2D eigenvalue weighted by Gasteiger charge is 2.20. The molecule has 1 aliphatic rings. The van der Waals surface area contributed by atoms with Crippen LogP contribution in [0.3, 0.4) is 0 Å². The summed E-state index contributed by atoms with van der Waals surface area (Å²) in [6.45, 7) is 4.62. The molecule has 1 fully saturated rings. The summed E-state index contributed by atoms with van der Waals surface area (Å²) in [7, 11) is 0. The molecule has 0 atom stereocenters. The monoisotopic (exact) mass is 362 g/mol. The van der Waals surface area contributed by atoms with E-state index in [-0.39, 0.29) is 0 Å². The maximum atomic E-state index is 2.50. The summed E-state index contributed by atoms with van der Waals surface area (Å²) in [5, 5.41) is 0. The molecule has 0 unspecified atom stereocenters. The fraction of sp³-hybridized carbons (Fsp3) is 0.727. The van der Waals surface area contributed by atoms with Crippen LogP contribution in [0, 0.1) is 11.8 Å². The van der Waals surface area contributed by atoms with Crippen LogP contribution in [0.25, 0.3) is 9.40 Å². The highest BCUT2D eigenvalue weighted by Crippen LogP contribution is 2.37. The van der Waals surface area contributed by atoms with E-state index in [1.54, 1.807) is 19.2 Å². The molecule has 2 heterocycles. The maximum Gasteiger partial charge on any atom is 0.0456 e. The highest BCUT2D eigenvalue weighted by molar-refractivity contribution is 7.27. The Balaban J connectivity index is 1.45. The van der Waals surface area contributed by atoms with Crippen LogP contribution in [0.1, 0.15) is 87.8 Å². The smallest absolute Gasteiger partial charge is 0.0456 e. The Bertz CT molecular complexity index is 567. The second kappa shape index (κ2) is 9.38. The van der Waals surface area contributed by atoms with E-state index in [9.17, 15) is 0 Å².